The zero-order valence-electron chi connectivity index (χ0n) is 15.8. The third-order valence-corrected chi connectivity index (χ3v) is 5.65. The number of carbonyl (C=O) groups excluding carboxylic acids is 1. The SMILES string of the molecule is COc1ccc2c(c1)C(CN(C)C)N(C(=O)Cc1ccc(Cl)c(Cl)c1)CC2. The Labute approximate surface area is 170 Å². The van der Waals surface area contributed by atoms with Crippen molar-refractivity contribution >= 4 is 29.1 Å². The molecule has 2 aromatic carbocycles. The molecule has 1 atom stereocenters. The van der Waals surface area contributed by atoms with Gasteiger partial charge in [-0.15, -0.1) is 0 Å². The van der Waals surface area contributed by atoms with Gasteiger partial charge < -0.3 is 14.5 Å². The molecule has 0 bridgehead atoms. The second-order valence-corrected chi connectivity index (χ2v) is 7.92. The molecule has 6 heteroatoms. The molecule has 1 heterocycles. The van der Waals surface area contributed by atoms with Gasteiger partial charge in [0.05, 0.1) is 29.6 Å². The fourth-order valence-corrected chi connectivity index (χ4v) is 3.89. The summed E-state index contributed by atoms with van der Waals surface area (Å²) in [5.74, 6) is 0.907. The van der Waals surface area contributed by atoms with E-state index in [0.29, 0.717) is 23.0 Å². The van der Waals surface area contributed by atoms with Gasteiger partial charge in [-0.1, -0.05) is 35.3 Å². The standard InChI is InChI=1S/C21H24Cl2N2O2/c1-24(2)13-20-17-12-16(27-3)6-5-15(17)8-9-25(20)21(26)11-14-4-7-18(22)19(23)10-14/h4-7,10,12,20H,8-9,11,13H2,1-3H3. The van der Waals surface area contributed by atoms with Crippen LogP contribution < -0.4 is 4.74 Å². The van der Waals surface area contributed by atoms with Crippen LogP contribution >= 0.6 is 23.2 Å². The van der Waals surface area contributed by atoms with Gasteiger partial charge in [0, 0.05) is 13.1 Å². The summed E-state index contributed by atoms with van der Waals surface area (Å²) >= 11 is 12.1. The number of nitrogens with zero attached hydrogens (tertiary/aromatic N) is 2. The molecular weight excluding hydrogens is 383 g/mol. The van der Waals surface area contributed by atoms with E-state index < -0.39 is 0 Å². The quantitative estimate of drug-likeness (QED) is 0.744. The molecule has 1 unspecified atom stereocenters. The molecule has 0 radical (unpaired) electrons. The lowest BCUT2D eigenvalue weighted by Crippen LogP contribution is -2.44. The Bertz CT molecular complexity index is 839. The molecule has 1 aliphatic rings. The summed E-state index contributed by atoms with van der Waals surface area (Å²) < 4.78 is 5.41. The highest BCUT2D eigenvalue weighted by Gasteiger charge is 2.31. The van der Waals surface area contributed by atoms with Crippen LogP contribution in [0.1, 0.15) is 22.7 Å². The molecule has 0 spiro atoms. The van der Waals surface area contributed by atoms with Crippen LogP contribution in [0, 0.1) is 0 Å². The Hall–Kier alpha value is -1.75. The van der Waals surface area contributed by atoms with Crippen LogP contribution in [-0.4, -0.2) is 50.0 Å². The van der Waals surface area contributed by atoms with E-state index in [1.807, 2.05) is 31.1 Å². The summed E-state index contributed by atoms with van der Waals surface area (Å²) in [4.78, 5) is 17.2. The van der Waals surface area contributed by atoms with Crippen LogP contribution in [0.4, 0.5) is 0 Å². The van der Waals surface area contributed by atoms with Gasteiger partial charge in [-0.05, 0) is 61.5 Å². The number of amides is 1. The number of hydrogen-bond acceptors (Lipinski definition) is 3. The number of hydrogen-bond donors (Lipinski definition) is 0. The monoisotopic (exact) mass is 406 g/mol. The first-order chi connectivity index (χ1) is 12.9. The first-order valence-electron chi connectivity index (χ1n) is 8.94. The molecule has 1 aliphatic heterocycles. The lowest BCUT2D eigenvalue weighted by atomic mass is 9.91. The van der Waals surface area contributed by atoms with Gasteiger partial charge in [0.1, 0.15) is 5.75 Å². The van der Waals surface area contributed by atoms with E-state index in [-0.39, 0.29) is 11.9 Å². The minimum absolute atomic E-state index is 0.00544. The maximum Gasteiger partial charge on any atom is 0.227 e. The van der Waals surface area contributed by atoms with Crippen molar-refractivity contribution in [2.45, 2.75) is 18.9 Å². The smallest absolute Gasteiger partial charge is 0.227 e. The lowest BCUT2D eigenvalue weighted by Gasteiger charge is -2.39. The van der Waals surface area contributed by atoms with Gasteiger partial charge >= 0.3 is 0 Å². The Kier molecular flexibility index (Phi) is 6.30. The third kappa shape index (κ3) is 4.57. The van der Waals surface area contributed by atoms with Crippen molar-refractivity contribution in [2.75, 3.05) is 34.3 Å². The topological polar surface area (TPSA) is 32.8 Å². The first-order valence-corrected chi connectivity index (χ1v) is 9.69. The minimum atomic E-state index is -0.00544. The third-order valence-electron chi connectivity index (χ3n) is 4.91. The summed E-state index contributed by atoms with van der Waals surface area (Å²) in [6.45, 7) is 1.46. The number of halogens is 2. The maximum atomic E-state index is 13.1. The van der Waals surface area contributed by atoms with Crippen molar-refractivity contribution < 1.29 is 9.53 Å². The molecule has 0 saturated carbocycles. The van der Waals surface area contributed by atoms with Crippen LogP contribution in [0.25, 0.3) is 0 Å². The number of carbonyl (C=O) groups is 1. The normalized spacial score (nSPS) is 16.4. The van der Waals surface area contributed by atoms with E-state index in [9.17, 15) is 4.79 Å². The van der Waals surface area contributed by atoms with E-state index in [1.54, 1.807) is 19.2 Å². The summed E-state index contributed by atoms with van der Waals surface area (Å²) in [7, 11) is 5.71. The lowest BCUT2D eigenvalue weighted by molar-refractivity contribution is -0.133. The molecule has 4 nitrogen and oxygen atoms in total. The van der Waals surface area contributed by atoms with Gasteiger partial charge in [-0.2, -0.15) is 0 Å². The van der Waals surface area contributed by atoms with Crippen molar-refractivity contribution in [1.29, 1.82) is 0 Å². The van der Waals surface area contributed by atoms with E-state index in [2.05, 4.69) is 17.0 Å². The molecule has 0 fully saturated rings. The van der Waals surface area contributed by atoms with Gasteiger partial charge in [-0.25, -0.2) is 0 Å². The molecule has 0 aromatic heterocycles. The molecule has 3 rings (SSSR count). The van der Waals surface area contributed by atoms with E-state index in [0.717, 1.165) is 29.8 Å². The van der Waals surface area contributed by atoms with Crippen LogP contribution in [0.5, 0.6) is 5.75 Å². The molecular formula is C21H24Cl2N2O2. The molecule has 2 aromatic rings. The second kappa shape index (κ2) is 8.51. The van der Waals surface area contributed by atoms with Crippen molar-refractivity contribution in [1.82, 2.24) is 9.80 Å². The number of benzene rings is 2. The largest absolute Gasteiger partial charge is 0.497 e. The first kappa shape index (κ1) is 20.0. The van der Waals surface area contributed by atoms with Crippen molar-refractivity contribution in [3.05, 3.63) is 63.1 Å². The molecule has 144 valence electrons. The van der Waals surface area contributed by atoms with E-state index in [1.165, 1.54) is 5.56 Å². The highest BCUT2D eigenvalue weighted by molar-refractivity contribution is 6.42. The Morgan fingerprint density at radius 2 is 1.96 bits per heavy atom. The van der Waals surface area contributed by atoms with E-state index >= 15 is 0 Å². The fraction of sp³-hybridized carbons (Fsp3) is 0.381. The number of fused-ring (bicyclic) bond motifs is 1. The Balaban J connectivity index is 1.88. The summed E-state index contributed by atoms with van der Waals surface area (Å²) in [5, 5.41) is 0.970. The van der Waals surface area contributed by atoms with Crippen LogP contribution in [0.15, 0.2) is 36.4 Å². The molecule has 27 heavy (non-hydrogen) atoms. The predicted molar refractivity (Wildman–Crippen MR) is 110 cm³/mol. The van der Waals surface area contributed by atoms with Crippen LogP contribution in [0.3, 0.4) is 0 Å². The fourth-order valence-electron chi connectivity index (χ4n) is 3.57. The average molecular weight is 407 g/mol. The highest BCUT2D eigenvalue weighted by atomic mass is 35.5. The number of ether oxygens (including phenoxy) is 1. The zero-order chi connectivity index (χ0) is 19.6. The van der Waals surface area contributed by atoms with Crippen LogP contribution in [-0.2, 0) is 17.6 Å². The number of rotatable bonds is 5. The zero-order valence-corrected chi connectivity index (χ0v) is 17.3. The van der Waals surface area contributed by atoms with Gasteiger partial charge in [0.2, 0.25) is 5.91 Å². The molecule has 0 N–H and O–H groups in total. The van der Waals surface area contributed by atoms with Crippen LogP contribution in [0.2, 0.25) is 10.0 Å². The summed E-state index contributed by atoms with van der Waals surface area (Å²) in [6.07, 6.45) is 1.15. The summed E-state index contributed by atoms with van der Waals surface area (Å²) in [6, 6.07) is 11.5. The molecule has 0 aliphatic carbocycles. The van der Waals surface area contributed by atoms with Gasteiger partial charge in [-0.3, -0.25) is 4.79 Å². The van der Waals surface area contributed by atoms with Crippen molar-refractivity contribution in [2.24, 2.45) is 0 Å². The number of methoxy groups -OCH3 is 1. The molecule has 0 saturated heterocycles. The second-order valence-electron chi connectivity index (χ2n) is 7.11. The van der Waals surface area contributed by atoms with E-state index in [4.69, 9.17) is 27.9 Å². The highest BCUT2D eigenvalue weighted by Crippen LogP contribution is 2.33. The van der Waals surface area contributed by atoms with Gasteiger partial charge in [0.25, 0.3) is 0 Å². The van der Waals surface area contributed by atoms with Gasteiger partial charge in [0.15, 0.2) is 0 Å². The average Bonchev–Trinajstić information content (AvgIpc) is 2.64. The Morgan fingerprint density at radius 3 is 2.63 bits per heavy atom. The van der Waals surface area contributed by atoms with Crippen molar-refractivity contribution in [3.63, 3.8) is 0 Å². The minimum Gasteiger partial charge on any atom is -0.497 e. The molecule has 1 amide bonds. The predicted octanol–water partition coefficient (Wildman–Crippen LogP) is 4.23. The Morgan fingerprint density at radius 1 is 1.19 bits per heavy atom. The number of likely N-dealkylation sites (N-methyl/N-ethyl adjacent to an activating group) is 1. The maximum absolute atomic E-state index is 13.1. The van der Waals surface area contributed by atoms with Crippen molar-refractivity contribution in [3.8, 4) is 5.75 Å². The summed E-state index contributed by atoms with van der Waals surface area (Å²) in [5.41, 5.74) is 3.31.